The first-order valence-electron chi connectivity index (χ1n) is 3.35. The minimum absolute atomic E-state index is 0.166. The van der Waals surface area contributed by atoms with Crippen LogP contribution in [0.4, 0.5) is 0 Å². The number of hydrogen-bond donors (Lipinski definition) is 1. The van der Waals surface area contributed by atoms with Crippen LogP contribution in [0.3, 0.4) is 0 Å². The van der Waals surface area contributed by atoms with Gasteiger partial charge in [0.25, 0.3) is 0 Å². The molecule has 0 bridgehead atoms. The van der Waals surface area contributed by atoms with Crippen molar-refractivity contribution < 1.29 is 19.4 Å². The van der Waals surface area contributed by atoms with Gasteiger partial charge in [0.15, 0.2) is 0 Å². The lowest BCUT2D eigenvalue weighted by atomic mass is 10.5. The van der Waals surface area contributed by atoms with Crippen LogP contribution >= 0.6 is 0 Å². The van der Waals surface area contributed by atoms with E-state index in [-0.39, 0.29) is 6.61 Å². The molecule has 1 N–H and O–H groups in total. The van der Waals surface area contributed by atoms with Crippen LogP contribution in [0.2, 0.25) is 0 Å². The number of allylic oxidation sites excluding steroid dienone is 1. The molecule has 4 nitrogen and oxygen atoms in total. The van der Waals surface area contributed by atoms with Crippen LogP contribution in [0.25, 0.3) is 0 Å². The topological polar surface area (TPSA) is 63.6 Å². The third-order valence-electron chi connectivity index (χ3n) is 0.920. The Morgan fingerprint density at radius 1 is 1.42 bits per heavy atom. The zero-order chi connectivity index (χ0) is 9.40. The molecular formula is C8H10O4. The normalized spacial score (nSPS) is 10.8. The second-order valence-electron chi connectivity index (χ2n) is 1.87. The molecule has 0 saturated carbocycles. The molecule has 0 aliphatic heterocycles. The number of rotatable bonds is 4. The molecular weight excluding hydrogens is 160 g/mol. The van der Waals surface area contributed by atoms with Gasteiger partial charge in [-0.15, -0.1) is 0 Å². The fourth-order valence-corrected chi connectivity index (χ4v) is 0.414. The number of hydrogen-bond acceptors (Lipinski definition) is 3. The maximum absolute atomic E-state index is 10.6. The van der Waals surface area contributed by atoms with E-state index in [4.69, 9.17) is 5.11 Å². The Morgan fingerprint density at radius 3 is 2.58 bits per heavy atom. The number of carbonyl (C=O) groups is 2. The Labute approximate surface area is 70.1 Å². The van der Waals surface area contributed by atoms with E-state index in [0.717, 1.165) is 12.2 Å². The minimum atomic E-state index is -1.17. The molecule has 0 unspecified atom stereocenters. The summed E-state index contributed by atoms with van der Waals surface area (Å²) in [5.74, 6) is -1.83. The van der Waals surface area contributed by atoms with Gasteiger partial charge in [-0.3, -0.25) is 0 Å². The SMILES string of the molecule is CC=CCOC(=O)/C=C\C(=O)O. The summed E-state index contributed by atoms with van der Waals surface area (Å²) in [5.41, 5.74) is 0. The number of carboxylic acid groups (broad SMARTS) is 1. The maximum atomic E-state index is 10.6. The molecule has 0 aromatic heterocycles. The number of carboxylic acids is 1. The molecule has 0 aromatic carbocycles. The summed E-state index contributed by atoms with van der Waals surface area (Å²) in [6, 6.07) is 0. The highest BCUT2D eigenvalue weighted by molar-refractivity contribution is 5.90. The summed E-state index contributed by atoms with van der Waals surface area (Å²) >= 11 is 0. The molecule has 0 amide bonds. The van der Waals surface area contributed by atoms with Gasteiger partial charge < -0.3 is 9.84 Å². The highest BCUT2D eigenvalue weighted by Crippen LogP contribution is 1.83. The van der Waals surface area contributed by atoms with Crippen LogP contribution in [0.15, 0.2) is 24.3 Å². The lowest BCUT2D eigenvalue weighted by molar-refractivity contribution is -0.137. The van der Waals surface area contributed by atoms with Gasteiger partial charge in [-0.25, -0.2) is 9.59 Å². The summed E-state index contributed by atoms with van der Waals surface area (Å²) < 4.78 is 4.56. The van der Waals surface area contributed by atoms with E-state index in [9.17, 15) is 9.59 Å². The van der Waals surface area contributed by atoms with E-state index in [1.54, 1.807) is 19.1 Å². The summed E-state index contributed by atoms with van der Waals surface area (Å²) in [6.45, 7) is 1.96. The Balaban J connectivity index is 3.67. The summed E-state index contributed by atoms with van der Waals surface area (Å²) in [4.78, 5) is 20.5. The van der Waals surface area contributed by atoms with E-state index in [2.05, 4.69) is 4.74 Å². The van der Waals surface area contributed by atoms with Crippen LogP contribution in [0.5, 0.6) is 0 Å². The van der Waals surface area contributed by atoms with Crippen molar-refractivity contribution >= 4 is 11.9 Å². The van der Waals surface area contributed by atoms with E-state index >= 15 is 0 Å². The molecule has 0 rings (SSSR count). The van der Waals surface area contributed by atoms with Crippen molar-refractivity contribution in [2.24, 2.45) is 0 Å². The van der Waals surface area contributed by atoms with Crippen LogP contribution in [0, 0.1) is 0 Å². The Hall–Kier alpha value is -1.58. The average Bonchev–Trinajstić information content (AvgIpc) is 2.01. The number of ether oxygens (including phenoxy) is 1. The van der Waals surface area contributed by atoms with Crippen molar-refractivity contribution in [1.29, 1.82) is 0 Å². The molecule has 0 aliphatic carbocycles. The molecule has 0 fully saturated rings. The second kappa shape index (κ2) is 6.15. The van der Waals surface area contributed by atoms with Gasteiger partial charge in [0.05, 0.1) is 0 Å². The fraction of sp³-hybridized carbons (Fsp3) is 0.250. The zero-order valence-corrected chi connectivity index (χ0v) is 6.69. The molecule has 0 spiro atoms. The van der Waals surface area contributed by atoms with Gasteiger partial charge in [0.1, 0.15) is 6.61 Å². The summed E-state index contributed by atoms with van der Waals surface area (Å²) in [7, 11) is 0. The van der Waals surface area contributed by atoms with E-state index in [1.165, 1.54) is 0 Å². The van der Waals surface area contributed by atoms with E-state index in [1.807, 2.05) is 0 Å². The van der Waals surface area contributed by atoms with Crippen molar-refractivity contribution in [2.45, 2.75) is 6.92 Å². The quantitative estimate of drug-likeness (QED) is 0.384. The van der Waals surface area contributed by atoms with Gasteiger partial charge in [0.2, 0.25) is 0 Å². The van der Waals surface area contributed by atoms with Crippen LogP contribution < -0.4 is 0 Å². The highest BCUT2D eigenvalue weighted by Gasteiger charge is 1.94. The van der Waals surface area contributed by atoms with Crippen LogP contribution in [0.1, 0.15) is 6.92 Å². The number of aliphatic carboxylic acids is 1. The lowest BCUT2D eigenvalue weighted by Gasteiger charge is -1.94. The molecule has 0 aliphatic rings. The fourth-order valence-electron chi connectivity index (χ4n) is 0.414. The van der Waals surface area contributed by atoms with Gasteiger partial charge in [0, 0.05) is 12.2 Å². The zero-order valence-electron chi connectivity index (χ0n) is 6.69. The first-order chi connectivity index (χ1) is 5.66. The predicted molar refractivity (Wildman–Crippen MR) is 42.5 cm³/mol. The van der Waals surface area contributed by atoms with Crippen LogP contribution in [-0.2, 0) is 14.3 Å². The molecule has 12 heavy (non-hydrogen) atoms. The molecule has 0 saturated heterocycles. The van der Waals surface area contributed by atoms with Crippen LogP contribution in [-0.4, -0.2) is 23.7 Å². The standard InChI is InChI=1S/C8H10O4/c1-2-3-6-12-8(11)5-4-7(9)10/h2-5H,6H2,1H3,(H,9,10)/b3-2?,5-4-. The Morgan fingerprint density at radius 2 is 2.08 bits per heavy atom. The molecule has 0 heterocycles. The van der Waals surface area contributed by atoms with Crippen molar-refractivity contribution in [2.75, 3.05) is 6.61 Å². The third kappa shape index (κ3) is 6.54. The van der Waals surface area contributed by atoms with Crippen molar-refractivity contribution in [1.82, 2.24) is 0 Å². The molecule has 0 aromatic rings. The van der Waals surface area contributed by atoms with E-state index < -0.39 is 11.9 Å². The molecule has 0 atom stereocenters. The minimum Gasteiger partial charge on any atom is -0.478 e. The predicted octanol–water partition coefficient (Wildman–Crippen LogP) is 0.746. The Kier molecular flexibility index (Phi) is 5.34. The van der Waals surface area contributed by atoms with Gasteiger partial charge >= 0.3 is 11.9 Å². The molecule has 4 heteroatoms. The maximum Gasteiger partial charge on any atom is 0.331 e. The van der Waals surface area contributed by atoms with Crippen molar-refractivity contribution in [3.8, 4) is 0 Å². The van der Waals surface area contributed by atoms with Gasteiger partial charge in [-0.05, 0) is 6.92 Å². The summed E-state index contributed by atoms with van der Waals surface area (Å²) in [5, 5.41) is 8.13. The van der Waals surface area contributed by atoms with E-state index in [0.29, 0.717) is 0 Å². The summed E-state index contributed by atoms with van der Waals surface area (Å²) in [6.07, 6.45) is 4.98. The first kappa shape index (κ1) is 10.4. The number of carbonyl (C=O) groups excluding carboxylic acids is 1. The van der Waals surface area contributed by atoms with Gasteiger partial charge in [-0.2, -0.15) is 0 Å². The first-order valence-corrected chi connectivity index (χ1v) is 3.35. The monoisotopic (exact) mass is 170 g/mol. The van der Waals surface area contributed by atoms with Crippen molar-refractivity contribution in [3.63, 3.8) is 0 Å². The molecule has 66 valence electrons. The largest absolute Gasteiger partial charge is 0.478 e. The van der Waals surface area contributed by atoms with Crippen molar-refractivity contribution in [3.05, 3.63) is 24.3 Å². The smallest absolute Gasteiger partial charge is 0.331 e. The lowest BCUT2D eigenvalue weighted by Crippen LogP contribution is -2.01. The van der Waals surface area contributed by atoms with Gasteiger partial charge in [-0.1, -0.05) is 12.2 Å². The molecule has 0 radical (unpaired) electrons. The average molecular weight is 170 g/mol. The Bertz CT molecular complexity index is 215. The third-order valence-corrected chi connectivity index (χ3v) is 0.920. The number of esters is 1. The highest BCUT2D eigenvalue weighted by atomic mass is 16.5. The second-order valence-corrected chi connectivity index (χ2v) is 1.87.